The van der Waals surface area contributed by atoms with Crippen molar-refractivity contribution >= 4 is 12.0 Å². The Bertz CT molecular complexity index is 804. The maximum atomic E-state index is 13.4. The first-order valence-electron chi connectivity index (χ1n) is 12.1. The summed E-state index contributed by atoms with van der Waals surface area (Å²) in [7, 11) is 2.99. The lowest BCUT2D eigenvalue weighted by molar-refractivity contribution is -0.150. The lowest BCUT2D eigenvalue weighted by atomic mass is 10.1. The Labute approximate surface area is 201 Å². The van der Waals surface area contributed by atoms with Crippen molar-refractivity contribution in [3.8, 4) is 5.88 Å². The molecule has 34 heavy (non-hydrogen) atoms. The molecule has 11 heteroatoms. The van der Waals surface area contributed by atoms with Crippen LogP contribution in [0.2, 0.25) is 0 Å². The molecule has 1 saturated carbocycles. The molecular formula is C23H39N5O6. The van der Waals surface area contributed by atoms with Gasteiger partial charge in [-0.15, -0.1) is 0 Å². The molecule has 2 N–H and O–H groups in total. The Kier molecular flexibility index (Phi) is 9.54. The number of ether oxygens (including phenoxy) is 4. The van der Waals surface area contributed by atoms with E-state index < -0.39 is 12.2 Å². The Hall–Kier alpha value is -2.37. The number of hydrogen-bond donors (Lipinski definition) is 2. The molecule has 2 aliphatic rings. The van der Waals surface area contributed by atoms with Crippen LogP contribution in [-0.4, -0.2) is 91.5 Å². The molecule has 0 radical (unpaired) electrons. The number of amides is 2. The van der Waals surface area contributed by atoms with Gasteiger partial charge in [0.1, 0.15) is 6.10 Å². The van der Waals surface area contributed by atoms with Gasteiger partial charge in [0.15, 0.2) is 0 Å². The van der Waals surface area contributed by atoms with Crippen LogP contribution in [-0.2, 0) is 25.5 Å². The van der Waals surface area contributed by atoms with Gasteiger partial charge in [0.2, 0.25) is 5.88 Å². The Morgan fingerprint density at radius 2 is 2.09 bits per heavy atom. The van der Waals surface area contributed by atoms with Crippen molar-refractivity contribution in [3.05, 3.63) is 11.8 Å². The van der Waals surface area contributed by atoms with Crippen molar-refractivity contribution in [2.24, 2.45) is 0 Å². The minimum atomic E-state index is -0.519. The SMILES string of the molecule is COC[C@H]1CO[C@@H](C(=O)N(C2CC2)[C@@H](C)c2cc(OC(C)C)n(CCCNC(=O)OC)n2)CN1. The summed E-state index contributed by atoms with van der Waals surface area (Å²) in [5, 5.41) is 10.8. The number of nitrogens with zero attached hydrogens (tertiary/aromatic N) is 3. The molecular weight excluding hydrogens is 442 g/mol. The molecule has 1 saturated heterocycles. The van der Waals surface area contributed by atoms with Gasteiger partial charge in [-0.2, -0.15) is 5.10 Å². The third-order valence-corrected chi connectivity index (χ3v) is 5.89. The van der Waals surface area contributed by atoms with Gasteiger partial charge in [-0.1, -0.05) is 0 Å². The first-order valence-corrected chi connectivity index (χ1v) is 12.1. The van der Waals surface area contributed by atoms with Crippen LogP contribution in [0.3, 0.4) is 0 Å². The smallest absolute Gasteiger partial charge is 0.406 e. The van der Waals surface area contributed by atoms with Crippen LogP contribution in [0, 0.1) is 0 Å². The van der Waals surface area contributed by atoms with E-state index in [0.717, 1.165) is 18.5 Å². The molecule has 1 aliphatic carbocycles. The lowest BCUT2D eigenvalue weighted by Crippen LogP contribution is -2.55. The molecule has 0 aromatic carbocycles. The number of morpholine rings is 1. The molecule has 1 aliphatic heterocycles. The van der Waals surface area contributed by atoms with Crippen molar-refractivity contribution in [3.63, 3.8) is 0 Å². The number of carbonyl (C=O) groups is 2. The van der Waals surface area contributed by atoms with E-state index in [9.17, 15) is 9.59 Å². The average molecular weight is 482 g/mol. The zero-order valence-electron chi connectivity index (χ0n) is 20.9. The first kappa shape index (κ1) is 26.2. The first-order chi connectivity index (χ1) is 16.3. The van der Waals surface area contributed by atoms with Gasteiger partial charge < -0.3 is 34.5 Å². The third-order valence-electron chi connectivity index (χ3n) is 5.89. The van der Waals surface area contributed by atoms with Crippen LogP contribution in [0.1, 0.15) is 51.8 Å². The highest BCUT2D eigenvalue weighted by molar-refractivity contribution is 5.82. The Balaban J connectivity index is 1.68. The minimum absolute atomic E-state index is 0.0125. The van der Waals surface area contributed by atoms with E-state index in [-0.39, 0.29) is 30.1 Å². The summed E-state index contributed by atoms with van der Waals surface area (Å²) in [5.41, 5.74) is 0.776. The molecule has 3 atom stereocenters. The third kappa shape index (κ3) is 7.07. The van der Waals surface area contributed by atoms with Crippen LogP contribution >= 0.6 is 0 Å². The molecule has 0 spiro atoms. The highest BCUT2D eigenvalue weighted by Crippen LogP contribution is 2.36. The molecule has 2 fully saturated rings. The maximum absolute atomic E-state index is 13.4. The van der Waals surface area contributed by atoms with E-state index in [1.54, 1.807) is 11.8 Å². The second-order valence-electron chi connectivity index (χ2n) is 9.10. The average Bonchev–Trinajstić information content (AvgIpc) is 3.57. The van der Waals surface area contributed by atoms with Crippen LogP contribution in [0.15, 0.2) is 6.07 Å². The van der Waals surface area contributed by atoms with Crippen molar-refractivity contribution in [2.75, 3.05) is 40.5 Å². The number of aromatic nitrogens is 2. The Morgan fingerprint density at radius 3 is 2.68 bits per heavy atom. The number of carbonyl (C=O) groups excluding carboxylic acids is 2. The monoisotopic (exact) mass is 481 g/mol. The quantitative estimate of drug-likeness (QED) is 0.431. The minimum Gasteiger partial charge on any atom is -0.475 e. The lowest BCUT2D eigenvalue weighted by Gasteiger charge is -2.35. The molecule has 0 bridgehead atoms. The standard InChI is InChI=1S/C23H39N5O6/c1-15(2)34-21-11-19(26-27(21)10-6-9-24-23(30)32-5)16(3)28(18-7-8-18)22(29)20-12-25-17(13-31-4)14-33-20/h11,15-18,20,25H,6-10,12-14H2,1-5H3,(H,24,30)/t16-,17-,20+/m0/s1. The molecule has 1 aromatic heterocycles. The van der Waals surface area contributed by atoms with Gasteiger partial charge in [0.05, 0.1) is 44.2 Å². The van der Waals surface area contributed by atoms with E-state index in [4.69, 9.17) is 19.3 Å². The number of alkyl carbamates (subject to hydrolysis) is 1. The molecule has 3 rings (SSSR count). The van der Waals surface area contributed by atoms with Gasteiger partial charge in [0.25, 0.3) is 5.91 Å². The predicted molar refractivity (Wildman–Crippen MR) is 125 cm³/mol. The summed E-state index contributed by atoms with van der Waals surface area (Å²) in [5.74, 6) is 0.637. The van der Waals surface area contributed by atoms with Crippen molar-refractivity contribution in [1.29, 1.82) is 0 Å². The molecule has 2 amide bonds. The second kappa shape index (κ2) is 12.4. The molecule has 2 heterocycles. The van der Waals surface area contributed by atoms with Crippen LogP contribution in [0.5, 0.6) is 5.88 Å². The van der Waals surface area contributed by atoms with Crippen LogP contribution in [0.25, 0.3) is 0 Å². The highest BCUT2D eigenvalue weighted by Gasteiger charge is 2.41. The number of methoxy groups -OCH3 is 2. The van der Waals surface area contributed by atoms with Gasteiger partial charge in [-0.05, 0) is 40.0 Å². The molecule has 1 aromatic rings. The number of hydrogen-bond acceptors (Lipinski definition) is 8. The topological polar surface area (TPSA) is 116 Å². The van der Waals surface area contributed by atoms with Gasteiger partial charge in [-0.25, -0.2) is 9.48 Å². The van der Waals surface area contributed by atoms with E-state index in [2.05, 4.69) is 15.4 Å². The predicted octanol–water partition coefficient (Wildman–Crippen LogP) is 1.47. The summed E-state index contributed by atoms with van der Waals surface area (Å²) in [6.07, 6.45) is 1.63. The fraction of sp³-hybridized carbons (Fsp3) is 0.783. The van der Waals surface area contributed by atoms with Gasteiger partial charge >= 0.3 is 6.09 Å². The molecule has 0 unspecified atom stereocenters. The number of nitrogens with one attached hydrogen (secondary N) is 2. The summed E-state index contributed by atoms with van der Waals surface area (Å²) in [6, 6.07) is 1.99. The number of rotatable bonds is 12. The summed E-state index contributed by atoms with van der Waals surface area (Å²) in [4.78, 5) is 26.6. The number of aryl methyl sites for hydroxylation is 1. The maximum Gasteiger partial charge on any atom is 0.406 e. The zero-order chi connectivity index (χ0) is 24.7. The fourth-order valence-electron chi connectivity index (χ4n) is 4.05. The van der Waals surface area contributed by atoms with Crippen LogP contribution in [0.4, 0.5) is 4.79 Å². The largest absolute Gasteiger partial charge is 0.475 e. The summed E-state index contributed by atoms with van der Waals surface area (Å²) in [6.45, 7) is 8.41. The van der Waals surface area contributed by atoms with Gasteiger partial charge in [0, 0.05) is 38.9 Å². The highest BCUT2D eigenvalue weighted by atomic mass is 16.5. The Morgan fingerprint density at radius 1 is 1.32 bits per heavy atom. The van der Waals surface area contributed by atoms with E-state index in [0.29, 0.717) is 45.1 Å². The summed E-state index contributed by atoms with van der Waals surface area (Å²) < 4.78 is 23.5. The van der Waals surface area contributed by atoms with E-state index in [1.165, 1.54) is 7.11 Å². The van der Waals surface area contributed by atoms with Crippen molar-refractivity contribution in [1.82, 2.24) is 25.3 Å². The van der Waals surface area contributed by atoms with Gasteiger partial charge in [-0.3, -0.25) is 4.79 Å². The van der Waals surface area contributed by atoms with Crippen molar-refractivity contribution in [2.45, 2.75) is 76.9 Å². The second-order valence-corrected chi connectivity index (χ2v) is 9.10. The molecule has 192 valence electrons. The van der Waals surface area contributed by atoms with E-state index in [1.807, 2.05) is 31.7 Å². The molecule has 11 nitrogen and oxygen atoms in total. The van der Waals surface area contributed by atoms with E-state index >= 15 is 0 Å². The fourth-order valence-corrected chi connectivity index (χ4v) is 4.05. The van der Waals surface area contributed by atoms with Crippen LogP contribution < -0.4 is 15.4 Å². The van der Waals surface area contributed by atoms with Crippen molar-refractivity contribution < 1.29 is 28.5 Å². The zero-order valence-corrected chi connectivity index (χ0v) is 20.9. The normalized spacial score (nSPS) is 21.2. The summed E-state index contributed by atoms with van der Waals surface area (Å²) >= 11 is 0.